The van der Waals surface area contributed by atoms with Crippen LogP contribution in [0, 0.1) is 5.92 Å². The van der Waals surface area contributed by atoms with Crippen LogP contribution in [0.1, 0.15) is 21.2 Å². The second-order valence-corrected chi connectivity index (χ2v) is 4.35. The van der Waals surface area contributed by atoms with E-state index in [1.165, 1.54) is 0 Å². The first-order chi connectivity index (χ1) is 6.40. The minimum atomic E-state index is -4.22. The van der Waals surface area contributed by atoms with Gasteiger partial charge in [-0.2, -0.15) is 13.1 Å². The molecule has 0 amide bonds. The van der Waals surface area contributed by atoms with Gasteiger partial charge in [-0.05, 0) is 25.7 Å². The Morgan fingerprint density at radius 3 is 1.93 bits per heavy atom. The Labute approximate surface area is 114 Å². The van der Waals surface area contributed by atoms with Crippen molar-refractivity contribution < 1.29 is 54.2 Å². The van der Waals surface area contributed by atoms with Crippen molar-refractivity contribution >= 4 is 10.3 Å². The largest absolute Gasteiger partial charge is 1.00 e. The van der Waals surface area contributed by atoms with Crippen LogP contribution in [0.15, 0.2) is 0 Å². The average molecular weight is 251 g/mol. The van der Waals surface area contributed by atoms with Crippen molar-refractivity contribution in [1.82, 2.24) is 4.72 Å². The molecule has 0 aromatic rings. The van der Waals surface area contributed by atoms with Gasteiger partial charge in [-0.25, -0.2) is 0 Å². The van der Waals surface area contributed by atoms with Gasteiger partial charge in [0.2, 0.25) is 0 Å². The zero-order valence-electron chi connectivity index (χ0n) is 10.0. The number of hydrogen-bond acceptors (Lipinski definition) is 4. The minimum absolute atomic E-state index is 0. The van der Waals surface area contributed by atoms with Crippen LogP contribution in [-0.4, -0.2) is 42.4 Å². The summed E-state index contributed by atoms with van der Waals surface area (Å²) in [7, 11) is -4.22. The quantitative estimate of drug-likeness (QED) is 0.275. The topological polar surface area (TPSA) is 107 Å². The molecule has 0 aromatic carbocycles. The first-order valence-corrected chi connectivity index (χ1v) is 5.81. The van der Waals surface area contributed by atoms with Gasteiger partial charge < -0.3 is 11.6 Å². The van der Waals surface area contributed by atoms with Gasteiger partial charge in [0.25, 0.3) is 0 Å². The maximum Gasteiger partial charge on any atom is 1.00 e. The molecule has 88 valence electrons. The molecule has 0 heterocycles. The third kappa shape index (κ3) is 9.70. The molecular formula is C7H18NNaO5S. The van der Waals surface area contributed by atoms with Gasteiger partial charge in [0.1, 0.15) is 0 Å². The summed E-state index contributed by atoms with van der Waals surface area (Å²) < 4.78 is 31.5. The van der Waals surface area contributed by atoms with Crippen molar-refractivity contribution in [2.75, 3.05) is 13.2 Å². The van der Waals surface area contributed by atoms with Crippen molar-refractivity contribution in [1.29, 1.82) is 0 Å². The Hall–Kier alpha value is 0.790. The summed E-state index contributed by atoms with van der Waals surface area (Å²) >= 11 is 0. The zero-order chi connectivity index (χ0) is 11.2. The van der Waals surface area contributed by atoms with Gasteiger partial charge >= 0.3 is 39.9 Å². The molecule has 0 aliphatic carbocycles. The maximum absolute atomic E-state index is 10.5. The molecule has 1 atom stereocenters. The fourth-order valence-corrected chi connectivity index (χ4v) is 1.97. The Kier molecular flexibility index (Phi) is 10.8. The smallest absolute Gasteiger partial charge is 1.00 e. The molecule has 1 unspecified atom stereocenters. The van der Waals surface area contributed by atoms with Gasteiger partial charge in [0, 0.05) is 19.3 Å². The van der Waals surface area contributed by atoms with Crippen LogP contribution >= 0.6 is 0 Å². The van der Waals surface area contributed by atoms with Crippen LogP contribution in [0.2, 0.25) is 0 Å². The first kappa shape index (κ1) is 18.2. The van der Waals surface area contributed by atoms with Gasteiger partial charge in [-0.15, -0.1) is 0 Å². The van der Waals surface area contributed by atoms with Crippen LogP contribution in [0.5, 0.6) is 0 Å². The molecule has 0 bridgehead atoms. The fourth-order valence-electron chi connectivity index (χ4n) is 1.31. The molecule has 0 radical (unpaired) electrons. The summed E-state index contributed by atoms with van der Waals surface area (Å²) in [5.41, 5.74) is 0. The van der Waals surface area contributed by atoms with Gasteiger partial charge in [0.15, 0.2) is 0 Å². The van der Waals surface area contributed by atoms with Gasteiger partial charge in [0.05, 0.1) is 0 Å². The van der Waals surface area contributed by atoms with Crippen molar-refractivity contribution in [3.63, 3.8) is 0 Å². The van der Waals surface area contributed by atoms with E-state index in [4.69, 9.17) is 14.8 Å². The van der Waals surface area contributed by atoms with E-state index in [0.717, 1.165) is 0 Å². The molecule has 0 spiro atoms. The van der Waals surface area contributed by atoms with E-state index in [1.807, 2.05) is 4.72 Å². The predicted molar refractivity (Wildman–Crippen MR) is 52.2 cm³/mol. The minimum Gasteiger partial charge on any atom is -1.00 e. The fraction of sp³-hybridized carbons (Fsp3) is 1.00. The van der Waals surface area contributed by atoms with Crippen LogP contribution in [-0.2, 0) is 10.3 Å². The van der Waals surface area contributed by atoms with Crippen molar-refractivity contribution in [3.8, 4) is 0 Å². The molecule has 0 aromatic heterocycles. The van der Waals surface area contributed by atoms with Crippen LogP contribution in [0.4, 0.5) is 0 Å². The van der Waals surface area contributed by atoms with E-state index < -0.39 is 16.3 Å². The number of nitrogens with one attached hydrogen (secondary N) is 1. The molecule has 4 N–H and O–H groups in total. The van der Waals surface area contributed by atoms with E-state index in [0.29, 0.717) is 12.8 Å². The average Bonchev–Trinajstić information content (AvgIpc) is 2.01. The third-order valence-electron chi connectivity index (χ3n) is 2.04. The molecule has 6 nitrogen and oxygen atoms in total. The molecule has 15 heavy (non-hydrogen) atoms. The maximum atomic E-state index is 10.5. The second kappa shape index (κ2) is 8.89. The predicted octanol–water partition coefficient (Wildman–Crippen LogP) is -3.74. The van der Waals surface area contributed by atoms with E-state index in [1.54, 1.807) is 6.92 Å². The standard InChI is InChI=1S/C7H17NO5S.Na.H/c1-6(8-14(11,12)13)7(2-4-9)3-5-10;;/h6-10H,2-5H2,1H3,(H,11,12,13);;/q;+1;-1. The number of rotatable bonds is 7. The molecule has 0 aliphatic heterocycles. The van der Waals surface area contributed by atoms with E-state index in [2.05, 4.69) is 0 Å². The molecule has 0 saturated carbocycles. The molecular weight excluding hydrogens is 233 g/mol. The van der Waals surface area contributed by atoms with Crippen molar-refractivity contribution in [2.24, 2.45) is 5.92 Å². The van der Waals surface area contributed by atoms with Gasteiger partial charge in [-0.1, -0.05) is 0 Å². The molecule has 0 rings (SSSR count). The zero-order valence-corrected chi connectivity index (χ0v) is 11.9. The number of aliphatic hydroxyl groups is 2. The van der Waals surface area contributed by atoms with E-state index in [-0.39, 0.29) is 50.1 Å². The summed E-state index contributed by atoms with van der Waals surface area (Å²) in [6.07, 6.45) is 0.758. The van der Waals surface area contributed by atoms with Crippen molar-refractivity contribution in [2.45, 2.75) is 25.8 Å². The Morgan fingerprint density at radius 1 is 1.27 bits per heavy atom. The summed E-state index contributed by atoms with van der Waals surface area (Å²) in [6, 6.07) is -0.510. The van der Waals surface area contributed by atoms with E-state index in [9.17, 15) is 8.42 Å². The monoisotopic (exact) mass is 251 g/mol. The Balaban J connectivity index is -0.000000845. The molecule has 0 saturated heterocycles. The van der Waals surface area contributed by atoms with Crippen LogP contribution in [0.25, 0.3) is 0 Å². The molecule has 0 aliphatic rings. The molecule has 8 heteroatoms. The summed E-state index contributed by atoms with van der Waals surface area (Å²) in [5.74, 6) is -0.188. The third-order valence-corrected chi connectivity index (χ3v) is 2.71. The van der Waals surface area contributed by atoms with Crippen molar-refractivity contribution in [3.05, 3.63) is 0 Å². The van der Waals surface area contributed by atoms with E-state index >= 15 is 0 Å². The number of aliphatic hydroxyl groups excluding tert-OH is 2. The Bertz CT molecular complexity index is 245. The van der Waals surface area contributed by atoms with Crippen LogP contribution < -0.4 is 34.3 Å². The normalized spacial score (nSPS) is 13.7. The van der Waals surface area contributed by atoms with Crippen LogP contribution in [0.3, 0.4) is 0 Å². The summed E-state index contributed by atoms with van der Waals surface area (Å²) in [5, 5.41) is 17.4. The Morgan fingerprint density at radius 2 is 1.67 bits per heavy atom. The first-order valence-electron chi connectivity index (χ1n) is 4.37. The van der Waals surface area contributed by atoms with Gasteiger partial charge in [-0.3, -0.25) is 4.55 Å². The number of hydrogen-bond donors (Lipinski definition) is 4. The molecule has 0 fully saturated rings. The summed E-state index contributed by atoms with van der Waals surface area (Å²) in [6.45, 7) is 1.41. The summed E-state index contributed by atoms with van der Waals surface area (Å²) in [4.78, 5) is 0. The SMILES string of the molecule is CC(NS(=O)(=O)O)C(CCO)CCO.[H-].[Na+]. The second-order valence-electron chi connectivity index (χ2n) is 3.17.